The number of carbonyl (C=O) groups is 1. The second-order valence-electron chi connectivity index (χ2n) is 7.31. The summed E-state index contributed by atoms with van der Waals surface area (Å²) in [6.45, 7) is 1.97. The average molecular weight is 450 g/mol. The number of anilines is 2. The Balaban J connectivity index is 1.43. The number of halogens is 1. The molecule has 0 radical (unpaired) electrons. The fourth-order valence-electron chi connectivity index (χ4n) is 3.32. The van der Waals surface area contributed by atoms with Gasteiger partial charge in [0.15, 0.2) is 0 Å². The quantitative estimate of drug-likeness (QED) is 0.448. The molecule has 0 aliphatic rings. The van der Waals surface area contributed by atoms with E-state index in [4.69, 9.17) is 0 Å². The number of carbonyl (C=O) groups excluding carboxylic acids is 1. The van der Waals surface area contributed by atoms with Crippen LogP contribution in [0.1, 0.15) is 11.1 Å². The normalized spacial score (nSPS) is 11.3. The first-order valence-corrected chi connectivity index (χ1v) is 11.3. The highest BCUT2D eigenvalue weighted by Crippen LogP contribution is 2.25. The van der Waals surface area contributed by atoms with E-state index in [1.165, 1.54) is 12.1 Å². The maximum atomic E-state index is 13.0. The molecule has 0 saturated heterocycles. The molecule has 8 heteroatoms. The van der Waals surface area contributed by atoms with E-state index >= 15 is 0 Å². The zero-order valence-corrected chi connectivity index (χ0v) is 18.0. The van der Waals surface area contributed by atoms with Crippen LogP contribution in [0.5, 0.6) is 0 Å². The molecule has 2 N–H and O–H groups in total. The standard InChI is InChI=1S/C24H20FN3O3S/c1-16-4-13-22(21-3-2-14-26-24(16)21)27-23(29)15-17-5-9-19(10-6-17)28-32(30,31)20-11-7-18(25)8-12-20/h2-14,28H,15H2,1H3,(H,27,29). The van der Waals surface area contributed by atoms with E-state index in [2.05, 4.69) is 15.0 Å². The number of aromatic nitrogens is 1. The van der Waals surface area contributed by atoms with E-state index in [-0.39, 0.29) is 17.2 Å². The molecule has 0 atom stereocenters. The number of fused-ring (bicyclic) bond motifs is 1. The summed E-state index contributed by atoms with van der Waals surface area (Å²) >= 11 is 0. The van der Waals surface area contributed by atoms with E-state index in [1.807, 2.05) is 31.2 Å². The van der Waals surface area contributed by atoms with E-state index in [0.717, 1.165) is 34.2 Å². The van der Waals surface area contributed by atoms with Crippen molar-refractivity contribution in [3.05, 3.63) is 95.9 Å². The van der Waals surface area contributed by atoms with Crippen LogP contribution in [0.3, 0.4) is 0 Å². The molecule has 0 aliphatic heterocycles. The highest BCUT2D eigenvalue weighted by atomic mass is 32.2. The molecule has 1 aromatic heterocycles. The Morgan fingerprint density at radius 3 is 2.41 bits per heavy atom. The molecule has 0 bridgehead atoms. The molecule has 0 saturated carbocycles. The van der Waals surface area contributed by atoms with E-state index < -0.39 is 15.8 Å². The van der Waals surface area contributed by atoms with Gasteiger partial charge in [0.05, 0.1) is 22.5 Å². The maximum Gasteiger partial charge on any atom is 0.261 e. The van der Waals surface area contributed by atoms with Crippen molar-refractivity contribution in [2.45, 2.75) is 18.2 Å². The van der Waals surface area contributed by atoms with Gasteiger partial charge in [-0.3, -0.25) is 14.5 Å². The minimum absolute atomic E-state index is 0.0397. The molecule has 4 rings (SSSR count). The minimum atomic E-state index is -3.83. The van der Waals surface area contributed by atoms with Crippen molar-refractivity contribution >= 4 is 38.2 Å². The molecular formula is C24H20FN3O3S. The van der Waals surface area contributed by atoms with Gasteiger partial charge in [-0.25, -0.2) is 12.8 Å². The monoisotopic (exact) mass is 449 g/mol. The van der Waals surface area contributed by atoms with Crippen LogP contribution in [0.15, 0.2) is 83.9 Å². The number of amides is 1. The van der Waals surface area contributed by atoms with Gasteiger partial charge in [0.25, 0.3) is 10.0 Å². The fraction of sp³-hybridized carbons (Fsp3) is 0.0833. The van der Waals surface area contributed by atoms with E-state index in [0.29, 0.717) is 11.4 Å². The summed E-state index contributed by atoms with van der Waals surface area (Å²) in [5.74, 6) is -0.708. The van der Waals surface area contributed by atoms with Crippen LogP contribution in [0.25, 0.3) is 10.9 Å². The summed E-state index contributed by atoms with van der Waals surface area (Å²) in [7, 11) is -3.83. The third-order valence-corrected chi connectivity index (χ3v) is 6.34. The third-order valence-electron chi connectivity index (χ3n) is 4.94. The fourth-order valence-corrected chi connectivity index (χ4v) is 4.38. The van der Waals surface area contributed by atoms with Crippen LogP contribution in [-0.2, 0) is 21.2 Å². The number of aryl methyl sites for hydroxylation is 1. The lowest BCUT2D eigenvalue weighted by Crippen LogP contribution is -2.15. The van der Waals surface area contributed by atoms with Crippen molar-refractivity contribution in [3.63, 3.8) is 0 Å². The van der Waals surface area contributed by atoms with Crippen LogP contribution >= 0.6 is 0 Å². The van der Waals surface area contributed by atoms with Crippen molar-refractivity contribution in [1.29, 1.82) is 0 Å². The lowest BCUT2D eigenvalue weighted by atomic mass is 10.1. The van der Waals surface area contributed by atoms with Gasteiger partial charge in [-0.2, -0.15) is 0 Å². The highest BCUT2D eigenvalue weighted by molar-refractivity contribution is 7.92. The van der Waals surface area contributed by atoms with Crippen LogP contribution in [-0.4, -0.2) is 19.3 Å². The van der Waals surface area contributed by atoms with Gasteiger partial charge < -0.3 is 5.32 Å². The smallest absolute Gasteiger partial charge is 0.261 e. The van der Waals surface area contributed by atoms with Crippen LogP contribution < -0.4 is 10.0 Å². The first-order valence-electron chi connectivity index (χ1n) is 9.83. The molecule has 1 heterocycles. The van der Waals surface area contributed by atoms with Gasteiger partial charge in [0.1, 0.15) is 5.82 Å². The van der Waals surface area contributed by atoms with Crippen LogP contribution in [0.4, 0.5) is 15.8 Å². The van der Waals surface area contributed by atoms with E-state index in [1.54, 1.807) is 30.5 Å². The van der Waals surface area contributed by atoms with Gasteiger partial charge in [-0.05, 0) is 72.6 Å². The molecule has 32 heavy (non-hydrogen) atoms. The number of pyridine rings is 1. The summed E-state index contributed by atoms with van der Waals surface area (Å²) in [5, 5.41) is 3.79. The van der Waals surface area contributed by atoms with Crippen LogP contribution in [0.2, 0.25) is 0 Å². The van der Waals surface area contributed by atoms with Crippen molar-refractivity contribution < 1.29 is 17.6 Å². The average Bonchev–Trinajstić information content (AvgIpc) is 2.77. The van der Waals surface area contributed by atoms with Gasteiger partial charge in [0, 0.05) is 17.3 Å². The second-order valence-corrected chi connectivity index (χ2v) is 8.99. The van der Waals surface area contributed by atoms with Crippen molar-refractivity contribution in [3.8, 4) is 0 Å². The number of hydrogen-bond donors (Lipinski definition) is 2. The summed E-state index contributed by atoms with van der Waals surface area (Å²) < 4.78 is 40.3. The Hall–Kier alpha value is -3.78. The lowest BCUT2D eigenvalue weighted by Gasteiger charge is -2.11. The molecule has 0 fully saturated rings. The number of benzene rings is 3. The van der Waals surface area contributed by atoms with Gasteiger partial charge >= 0.3 is 0 Å². The largest absolute Gasteiger partial charge is 0.325 e. The summed E-state index contributed by atoms with van der Waals surface area (Å²) in [4.78, 5) is 16.9. The number of sulfonamides is 1. The first kappa shape index (κ1) is 21.5. The van der Waals surface area contributed by atoms with Gasteiger partial charge in [-0.15, -0.1) is 0 Å². The molecule has 4 aromatic rings. The number of nitrogens with zero attached hydrogens (tertiary/aromatic N) is 1. The predicted molar refractivity (Wildman–Crippen MR) is 122 cm³/mol. The SMILES string of the molecule is Cc1ccc(NC(=O)Cc2ccc(NS(=O)(=O)c3ccc(F)cc3)cc2)c2cccnc12. The Kier molecular flexibility index (Phi) is 5.87. The molecule has 6 nitrogen and oxygen atoms in total. The third kappa shape index (κ3) is 4.76. The molecule has 162 valence electrons. The number of rotatable bonds is 6. The van der Waals surface area contributed by atoms with Crippen LogP contribution in [0, 0.1) is 12.7 Å². The summed E-state index contributed by atoms with van der Waals surface area (Å²) in [5.41, 5.74) is 3.61. The Morgan fingerprint density at radius 2 is 1.69 bits per heavy atom. The Bertz CT molecular complexity index is 1390. The first-order chi connectivity index (χ1) is 15.3. The Morgan fingerprint density at radius 1 is 0.969 bits per heavy atom. The lowest BCUT2D eigenvalue weighted by molar-refractivity contribution is -0.115. The van der Waals surface area contributed by atoms with Gasteiger partial charge in [-0.1, -0.05) is 18.2 Å². The highest BCUT2D eigenvalue weighted by Gasteiger charge is 2.14. The van der Waals surface area contributed by atoms with E-state index in [9.17, 15) is 17.6 Å². The molecule has 0 spiro atoms. The Labute approximate surface area is 185 Å². The zero-order chi connectivity index (χ0) is 22.7. The van der Waals surface area contributed by atoms with Crippen molar-refractivity contribution in [1.82, 2.24) is 4.98 Å². The van der Waals surface area contributed by atoms with Crippen molar-refractivity contribution in [2.24, 2.45) is 0 Å². The van der Waals surface area contributed by atoms with Crippen molar-refractivity contribution in [2.75, 3.05) is 10.0 Å². The van der Waals surface area contributed by atoms with Gasteiger partial charge in [0.2, 0.25) is 5.91 Å². The predicted octanol–water partition coefficient (Wildman–Crippen LogP) is 4.66. The molecule has 0 aliphatic carbocycles. The molecule has 1 amide bonds. The number of nitrogens with one attached hydrogen (secondary N) is 2. The summed E-state index contributed by atoms with van der Waals surface area (Å²) in [6, 6.07) is 18.6. The summed E-state index contributed by atoms with van der Waals surface area (Å²) in [6.07, 6.45) is 1.84. The zero-order valence-electron chi connectivity index (χ0n) is 17.2. The maximum absolute atomic E-state index is 13.0. The minimum Gasteiger partial charge on any atom is -0.325 e. The molecular weight excluding hydrogens is 429 g/mol. The second kappa shape index (κ2) is 8.76. The molecule has 3 aromatic carbocycles. The topological polar surface area (TPSA) is 88.2 Å². The number of hydrogen-bond acceptors (Lipinski definition) is 4. The molecule has 0 unspecified atom stereocenters.